The SMILES string of the molecule is CC(C(=O)O)N1CC(NCCCCc2ccc3c(n2)NCCC3)C1. The molecule has 0 spiro atoms. The van der Waals surface area contributed by atoms with Crippen LogP contribution in [0.25, 0.3) is 0 Å². The maximum absolute atomic E-state index is 10.9. The van der Waals surface area contributed by atoms with Gasteiger partial charge in [-0.05, 0) is 57.2 Å². The van der Waals surface area contributed by atoms with E-state index in [9.17, 15) is 4.79 Å². The zero-order chi connectivity index (χ0) is 16.9. The fourth-order valence-corrected chi connectivity index (χ4v) is 3.36. The van der Waals surface area contributed by atoms with Gasteiger partial charge in [0.1, 0.15) is 11.9 Å². The summed E-state index contributed by atoms with van der Waals surface area (Å²) in [7, 11) is 0. The lowest BCUT2D eigenvalue weighted by molar-refractivity contribution is -0.144. The van der Waals surface area contributed by atoms with Crippen LogP contribution in [0.2, 0.25) is 0 Å². The number of pyridine rings is 1. The number of hydrogen-bond acceptors (Lipinski definition) is 5. The van der Waals surface area contributed by atoms with Crippen LogP contribution >= 0.6 is 0 Å². The summed E-state index contributed by atoms with van der Waals surface area (Å²) in [5.41, 5.74) is 2.52. The number of carboxylic acid groups (broad SMARTS) is 1. The summed E-state index contributed by atoms with van der Waals surface area (Å²) in [6, 6.07) is 4.45. The third kappa shape index (κ3) is 4.24. The average molecular weight is 332 g/mol. The van der Waals surface area contributed by atoms with Gasteiger partial charge in [-0.3, -0.25) is 9.69 Å². The number of anilines is 1. The first kappa shape index (κ1) is 17.2. The van der Waals surface area contributed by atoms with Crippen LogP contribution in [-0.2, 0) is 17.6 Å². The highest BCUT2D eigenvalue weighted by Crippen LogP contribution is 2.20. The molecule has 1 saturated heterocycles. The molecular weight excluding hydrogens is 304 g/mol. The molecule has 0 radical (unpaired) electrons. The Morgan fingerprint density at radius 2 is 2.29 bits per heavy atom. The Bertz CT molecular complexity index is 572. The number of aliphatic carboxylic acids is 1. The van der Waals surface area contributed by atoms with Crippen molar-refractivity contribution in [1.82, 2.24) is 15.2 Å². The molecule has 132 valence electrons. The molecule has 6 nitrogen and oxygen atoms in total. The molecule has 1 aromatic rings. The maximum atomic E-state index is 10.9. The van der Waals surface area contributed by atoms with E-state index in [1.807, 2.05) is 4.90 Å². The van der Waals surface area contributed by atoms with Gasteiger partial charge >= 0.3 is 5.97 Å². The highest BCUT2D eigenvalue weighted by Gasteiger charge is 2.32. The third-order valence-electron chi connectivity index (χ3n) is 5.06. The number of aromatic nitrogens is 1. The molecule has 0 aromatic carbocycles. The number of hydrogen-bond donors (Lipinski definition) is 3. The summed E-state index contributed by atoms with van der Waals surface area (Å²) in [4.78, 5) is 17.6. The molecule has 2 aliphatic heterocycles. The fourth-order valence-electron chi connectivity index (χ4n) is 3.36. The summed E-state index contributed by atoms with van der Waals surface area (Å²) >= 11 is 0. The lowest BCUT2D eigenvalue weighted by atomic mass is 10.0. The summed E-state index contributed by atoms with van der Waals surface area (Å²) in [6.45, 7) is 5.45. The lowest BCUT2D eigenvalue weighted by Crippen LogP contribution is -2.62. The van der Waals surface area contributed by atoms with Crippen molar-refractivity contribution < 1.29 is 9.90 Å². The second-order valence-electron chi connectivity index (χ2n) is 6.92. The van der Waals surface area contributed by atoms with Gasteiger partial charge in [0.15, 0.2) is 0 Å². The average Bonchev–Trinajstić information content (AvgIpc) is 2.55. The Balaban J connectivity index is 1.29. The summed E-state index contributed by atoms with van der Waals surface area (Å²) in [5, 5.41) is 15.9. The van der Waals surface area contributed by atoms with Crippen LogP contribution in [-0.4, -0.2) is 59.2 Å². The number of carboxylic acids is 1. The number of likely N-dealkylation sites (tertiary alicyclic amines) is 1. The van der Waals surface area contributed by atoms with Crippen LogP contribution in [0.3, 0.4) is 0 Å². The fraction of sp³-hybridized carbons (Fsp3) is 0.667. The number of aryl methyl sites for hydroxylation is 2. The second kappa shape index (κ2) is 7.94. The predicted molar refractivity (Wildman–Crippen MR) is 94.4 cm³/mol. The Morgan fingerprint density at radius 1 is 1.46 bits per heavy atom. The first-order chi connectivity index (χ1) is 11.6. The number of unbranched alkanes of at least 4 members (excludes halogenated alkanes) is 1. The maximum Gasteiger partial charge on any atom is 0.320 e. The van der Waals surface area contributed by atoms with Gasteiger partial charge in [0.2, 0.25) is 0 Å². The molecule has 1 fully saturated rings. The smallest absolute Gasteiger partial charge is 0.320 e. The molecule has 0 saturated carbocycles. The minimum Gasteiger partial charge on any atom is -0.480 e. The Morgan fingerprint density at radius 3 is 3.08 bits per heavy atom. The van der Waals surface area contributed by atoms with Crippen molar-refractivity contribution in [3.8, 4) is 0 Å². The molecule has 1 unspecified atom stereocenters. The van der Waals surface area contributed by atoms with Crippen LogP contribution in [0.15, 0.2) is 12.1 Å². The summed E-state index contributed by atoms with van der Waals surface area (Å²) in [6.07, 6.45) is 5.60. The molecule has 0 aliphatic carbocycles. The van der Waals surface area contributed by atoms with E-state index in [0.717, 1.165) is 57.7 Å². The molecule has 24 heavy (non-hydrogen) atoms. The zero-order valence-corrected chi connectivity index (χ0v) is 14.4. The molecule has 0 amide bonds. The molecule has 0 bridgehead atoms. The number of carbonyl (C=O) groups is 1. The number of fused-ring (bicyclic) bond motifs is 1. The largest absolute Gasteiger partial charge is 0.480 e. The second-order valence-corrected chi connectivity index (χ2v) is 6.92. The first-order valence-electron chi connectivity index (χ1n) is 9.06. The van der Waals surface area contributed by atoms with Crippen molar-refractivity contribution in [1.29, 1.82) is 0 Å². The van der Waals surface area contributed by atoms with E-state index in [1.165, 1.54) is 17.7 Å². The van der Waals surface area contributed by atoms with E-state index in [-0.39, 0.29) is 6.04 Å². The molecule has 6 heteroatoms. The predicted octanol–water partition coefficient (Wildman–Crippen LogP) is 1.51. The van der Waals surface area contributed by atoms with Crippen molar-refractivity contribution in [2.45, 2.75) is 51.1 Å². The molecule has 3 rings (SSSR count). The van der Waals surface area contributed by atoms with Crippen LogP contribution in [0.4, 0.5) is 5.82 Å². The minimum atomic E-state index is -0.736. The monoisotopic (exact) mass is 332 g/mol. The van der Waals surface area contributed by atoms with Gasteiger partial charge in [-0.1, -0.05) is 6.07 Å². The van der Waals surface area contributed by atoms with Crippen LogP contribution in [0.1, 0.15) is 37.4 Å². The summed E-state index contributed by atoms with van der Waals surface area (Å²) < 4.78 is 0. The van der Waals surface area contributed by atoms with Gasteiger partial charge in [0, 0.05) is 31.4 Å². The van der Waals surface area contributed by atoms with Gasteiger partial charge in [0.05, 0.1) is 0 Å². The molecule has 2 aliphatic rings. The Labute approximate surface area is 143 Å². The molecular formula is C18H28N4O2. The highest BCUT2D eigenvalue weighted by atomic mass is 16.4. The van der Waals surface area contributed by atoms with Crippen LogP contribution in [0.5, 0.6) is 0 Å². The normalized spacial score (nSPS) is 19.2. The van der Waals surface area contributed by atoms with Crippen molar-refractivity contribution >= 4 is 11.8 Å². The minimum absolute atomic E-state index is 0.369. The standard InChI is InChI=1S/C18H28N4O2/c1-13(18(23)24)22-11-16(12-22)19-9-3-2-6-15-8-7-14-5-4-10-20-17(14)21-15/h7-8,13,16,19H,2-6,9-12H2,1H3,(H,20,21)(H,23,24). The van der Waals surface area contributed by atoms with Gasteiger partial charge in [-0.25, -0.2) is 4.98 Å². The van der Waals surface area contributed by atoms with Gasteiger partial charge in [0.25, 0.3) is 0 Å². The number of rotatable bonds is 8. The molecule has 1 aromatic heterocycles. The Kier molecular flexibility index (Phi) is 5.68. The van der Waals surface area contributed by atoms with E-state index in [2.05, 4.69) is 22.8 Å². The van der Waals surface area contributed by atoms with E-state index < -0.39 is 5.97 Å². The zero-order valence-electron chi connectivity index (χ0n) is 14.4. The quantitative estimate of drug-likeness (QED) is 0.627. The molecule has 3 N–H and O–H groups in total. The number of nitrogens with one attached hydrogen (secondary N) is 2. The summed E-state index contributed by atoms with van der Waals surface area (Å²) in [5.74, 6) is 0.347. The van der Waals surface area contributed by atoms with E-state index in [1.54, 1.807) is 6.92 Å². The highest BCUT2D eigenvalue weighted by molar-refractivity contribution is 5.73. The van der Waals surface area contributed by atoms with E-state index in [0.29, 0.717) is 6.04 Å². The van der Waals surface area contributed by atoms with E-state index in [4.69, 9.17) is 10.1 Å². The van der Waals surface area contributed by atoms with Crippen molar-refractivity contribution in [2.75, 3.05) is 31.5 Å². The van der Waals surface area contributed by atoms with Crippen molar-refractivity contribution in [3.05, 3.63) is 23.4 Å². The van der Waals surface area contributed by atoms with E-state index >= 15 is 0 Å². The molecule has 3 heterocycles. The third-order valence-corrected chi connectivity index (χ3v) is 5.06. The first-order valence-corrected chi connectivity index (χ1v) is 9.06. The van der Waals surface area contributed by atoms with Crippen LogP contribution < -0.4 is 10.6 Å². The Hall–Kier alpha value is -1.66. The van der Waals surface area contributed by atoms with Crippen LogP contribution in [0, 0.1) is 0 Å². The molecule has 1 atom stereocenters. The number of nitrogens with zero attached hydrogens (tertiary/aromatic N) is 2. The van der Waals surface area contributed by atoms with Gasteiger partial charge in [-0.2, -0.15) is 0 Å². The van der Waals surface area contributed by atoms with Crippen molar-refractivity contribution in [2.24, 2.45) is 0 Å². The lowest BCUT2D eigenvalue weighted by Gasteiger charge is -2.42. The topological polar surface area (TPSA) is 77.5 Å². The van der Waals surface area contributed by atoms with Gasteiger partial charge < -0.3 is 15.7 Å². The van der Waals surface area contributed by atoms with Crippen molar-refractivity contribution in [3.63, 3.8) is 0 Å². The van der Waals surface area contributed by atoms with Gasteiger partial charge in [-0.15, -0.1) is 0 Å².